The van der Waals surface area contributed by atoms with E-state index in [1.165, 1.54) is 5.56 Å². The van der Waals surface area contributed by atoms with E-state index >= 15 is 0 Å². The number of rotatable bonds is 5. The van der Waals surface area contributed by atoms with Gasteiger partial charge in [0.15, 0.2) is 0 Å². The Morgan fingerprint density at radius 2 is 1.62 bits per heavy atom. The molecule has 0 spiro atoms. The minimum atomic E-state index is 0.406. The van der Waals surface area contributed by atoms with Gasteiger partial charge in [0, 0.05) is 50.7 Å². The summed E-state index contributed by atoms with van der Waals surface area (Å²) in [7, 11) is 0. The Balaban J connectivity index is 1.35. The van der Waals surface area contributed by atoms with Gasteiger partial charge in [-0.15, -0.1) is 5.10 Å². The van der Waals surface area contributed by atoms with Gasteiger partial charge in [0.25, 0.3) is 4.84 Å². The molecule has 0 amide bonds. The van der Waals surface area contributed by atoms with E-state index in [-0.39, 0.29) is 0 Å². The lowest BCUT2D eigenvalue weighted by Gasteiger charge is -2.34. The molecule has 1 aliphatic heterocycles. The molecule has 134 valence electrons. The van der Waals surface area contributed by atoms with Gasteiger partial charge in [-0.05, 0) is 29.9 Å². The monoisotopic (exact) mass is 367 g/mol. The van der Waals surface area contributed by atoms with Crippen LogP contribution in [0.25, 0.3) is 11.5 Å². The normalized spacial score (nSPS) is 16.0. The number of nitrogens with zero attached hydrogens (tertiary/aromatic N) is 5. The third kappa shape index (κ3) is 4.07. The highest BCUT2D eigenvalue weighted by molar-refractivity contribution is 7.71. The fourth-order valence-corrected chi connectivity index (χ4v) is 3.30. The maximum Gasteiger partial charge on any atom is 0.288 e. The molecule has 1 aliphatic rings. The van der Waals surface area contributed by atoms with Gasteiger partial charge in [0.05, 0.1) is 6.67 Å². The lowest BCUT2D eigenvalue weighted by atomic mass is 10.2. The standard InChI is InChI=1S/C19H21N5OS/c26-19-24(21-18(25-19)17-6-8-20-9-7-17)15-23-12-10-22(11-13-23)14-16-4-2-1-3-5-16/h1-9H,10-15H2. The zero-order valence-corrected chi connectivity index (χ0v) is 15.3. The first-order valence-corrected chi connectivity index (χ1v) is 9.16. The summed E-state index contributed by atoms with van der Waals surface area (Å²) >= 11 is 5.33. The van der Waals surface area contributed by atoms with Crippen LogP contribution in [0.4, 0.5) is 0 Å². The van der Waals surface area contributed by atoms with Crippen LogP contribution in [0.5, 0.6) is 0 Å². The molecule has 6 nitrogen and oxygen atoms in total. The molecule has 0 saturated carbocycles. The van der Waals surface area contributed by atoms with Crippen LogP contribution in [-0.4, -0.2) is 50.7 Å². The molecule has 1 aromatic carbocycles. The first kappa shape index (κ1) is 17.1. The minimum absolute atomic E-state index is 0.406. The van der Waals surface area contributed by atoms with E-state index < -0.39 is 0 Å². The van der Waals surface area contributed by atoms with Crippen molar-refractivity contribution in [2.75, 3.05) is 26.2 Å². The van der Waals surface area contributed by atoms with Crippen LogP contribution in [0.15, 0.2) is 59.3 Å². The molecular weight excluding hydrogens is 346 g/mol. The molecule has 26 heavy (non-hydrogen) atoms. The highest BCUT2D eigenvalue weighted by Gasteiger charge is 2.18. The van der Waals surface area contributed by atoms with Crippen molar-refractivity contribution in [1.29, 1.82) is 0 Å². The smallest absolute Gasteiger partial charge is 0.288 e. The Hall–Kier alpha value is -2.35. The number of piperazine rings is 1. The predicted octanol–water partition coefficient (Wildman–Crippen LogP) is 3.04. The summed E-state index contributed by atoms with van der Waals surface area (Å²) in [5.41, 5.74) is 2.25. The average molecular weight is 367 g/mol. The van der Waals surface area contributed by atoms with E-state index in [0.717, 1.165) is 38.3 Å². The maximum atomic E-state index is 5.64. The SMILES string of the molecule is S=c1oc(-c2ccncc2)nn1CN1CCN(Cc2ccccc2)CC1. The Morgan fingerprint density at radius 1 is 0.923 bits per heavy atom. The van der Waals surface area contributed by atoms with E-state index in [1.807, 2.05) is 12.1 Å². The molecule has 0 aliphatic carbocycles. The van der Waals surface area contributed by atoms with Crippen molar-refractivity contribution in [3.8, 4) is 11.5 Å². The average Bonchev–Trinajstić information content (AvgIpc) is 3.05. The van der Waals surface area contributed by atoms with Crippen LogP contribution in [-0.2, 0) is 13.2 Å². The molecule has 4 rings (SSSR count). The van der Waals surface area contributed by atoms with Gasteiger partial charge in [-0.2, -0.15) is 0 Å². The number of hydrogen-bond donors (Lipinski definition) is 0. The summed E-state index contributed by atoms with van der Waals surface area (Å²) in [6, 6.07) is 14.4. The third-order valence-corrected chi connectivity index (χ3v) is 4.88. The highest BCUT2D eigenvalue weighted by atomic mass is 32.1. The second-order valence-corrected chi connectivity index (χ2v) is 6.78. The Morgan fingerprint density at radius 3 is 2.35 bits per heavy atom. The lowest BCUT2D eigenvalue weighted by Crippen LogP contribution is -2.46. The number of benzene rings is 1. The van der Waals surface area contributed by atoms with Crippen LogP contribution >= 0.6 is 12.2 Å². The molecule has 0 atom stereocenters. The van der Waals surface area contributed by atoms with Crippen LogP contribution in [0, 0.1) is 4.84 Å². The predicted molar refractivity (Wildman–Crippen MR) is 102 cm³/mol. The van der Waals surface area contributed by atoms with E-state index in [1.54, 1.807) is 17.1 Å². The number of hydrogen-bond acceptors (Lipinski definition) is 6. The largest absolute Gasteiger partial charge is 0.409 e. The van der Waals surface area contributed by atoms with Crippen molar-refractivity contribution < 1.29 is 4.42 Å². The Bertz CT molecular complexity index is 885. The summed E-state index contributed by atoms with van der Waals surface area (Å²) in [5.74, 6) is 0.542. The van der Waals surface area contributed by atoms with Crippen LogP contribution in [0.2, 0.25) is 0 Å². The van der Waals surface area contributed by atoms with Crippen molar-refractivity contribution in [3.05, 3.63) is 65.3 Å². The molecule has 0 radical (unpaired) electrons. The molecule has 0 N–H and O–H groups in total. The topological polar surface area (TPSA) is 50.3 Å². The molecule has 3 heterocycles. The van der Waals surface area contributed by atoms with Gasteiger partial charge < -0.3 is 4.42 Å². The van der Waals surface area contributed by atoms with Crippen molar-refractivity contribution in [2.45, 2.75) is 13.2 Å². The van der Waals surface area contributed by atoms with Crippen molar-refractivity contribution in [1.82, 2.24) is 24.6 Å². The van der Waals surface area contributed by atoms with E-state index in [9.17, 15) is 0 Å². The van der Waals surface area contributed by atoms with Crippen molar-refractivity contribution in [2.24, 2.45) is 0 Å². The van der Waals surface area contributed by atoms with Gasteiger partial charge in [-0.3, -0.25) is 14.8 Å². The maximum absolute atomic E-state index is 5.64. The van der Waals surface area contributed by atoms with Crippen LogP contribution < -0.4 is 0 Å². The Kier molecular flexibility index (Phi) is 5.19. The molecule has 7 heteroatoms. The lowest BCUT2D eigenvalue weighted by molar-refractivity contribution is 0.0974. The summed E-state index contributed by atoms with van der Waals surface area (Å²) in [4.78, 5) is 9.26. The summed E-state index contributed by atoms with van der Waals surface area (Å²) in [6.45, 7) is 5.73. The quantitative estimate of drug-likeness (QED) is 0.646. The molecule has 2 aromatic heterocycles. The first-order chi connectivity index (χ1) is 12.8. The van der Waals surface area contributed by atoms with Crippen molar-refractivity contribution in [3.63, 3.8) is 0 Å². The second kappa shape index (κ2) is 7.90. The van der Waals surface area contributed by atoms with Crippen LogP contribution in [0.1, 0.15) is 5.56 Å². The number of pyridine rings is 1. The highest BCUT2D eigenvalue weighted by Crippen LogP contribution is 2.17. The molecule has 1 fully saturated rings. The minimum Gasteiger partial charge on any atom is -0.409 e. The molecular formula is C19H21N5OS. The molecule has 3 aromatic rings. The van der Waals surface area contributed by atoms with E-state index in [4.69, 9.17) is 16.6 Å². The fourth-order valence-electron chi connectivity index (χ4n) is 3.13. The van der Waals surface area contributed by atoms with Crippen LogP contribution in [0.3, 0.4) is 0 Å². The van der Waals surface area contributed by atoms with Gasteiger partial charge in [0.2, 0.25) is 5.89 Å². The summed E-state index contributed by atoms with van der Waals surface area (Å²) < 4.78 is 7.41. The third-order valence-electron chi connectivity index (χ3n) is 4.58. The van der Waals surface area contributed by atoms with Gasteiger partial charge in [-0.1, -0.05) is 30.3 Å². The molecule has 1 saturated heterocycles. The van der Waals surface area contributed by atoms with Gasteiger partial charge >= 0.3 is 0 Å². The summed E-state index contributed by atoms with van der Waals surface area (Å²) in [6.07, 6.45) is 3.44. The molecule has 0 unspecified atom stereocenters. The second-order valence-electron chi connectivity index (χ2n) is 6.43. The van der Waals surface area contributed by atoms with E-state index in [0.29, 0.717) is 17.4 Å². The fraction of sp³-hybridized carbons (Fsp3) is 0.316. The zero-order valence-electron chi connectivity index (χ0n) is 14.5. The van der Waals surface area contributed by atoms with Crippen molar-refractivity contribution >= 4 is 12.2 Å². The van der Waals surface area contributed by atoms with Gasteiger partial charge in [0.1, 0.15) is 0 Å². The van der Waals surface area contributed by atoms with E-state index in [2.05, 4.69) is 50.2 Å². The first-order valence-electron chi connectivity index (χ1n) is 8.75. The molecule has 0 bridgehead atoms. The van der Waals surface area contributed by atoms with Gasteiger partial charge in [-0.25, -0.2) is 4.68 Å². The number of aromatic nitrogens is 3. The zero-order chi connectivity index (χ0) is 17.8. The Labute approximate surface area is 157 Å². The summed E-state index contributed by atoms with van der Waals surface area (Å²) in [5, 5.41) is 4.52.